The Morgan fingerprint density at radius 3 is 2.68 bits per heavy atom. The first-order valence-electron chi connectivity index (χ1n) is 6.37. The van der Waals surface area contributed by atoms with E-state index in [2.05, 4.69) is 27.1 Å². The number of carboxylic acid groups (broad SMARTS) is 1. The normalized spacial score (nSPS) is 17.6. The van der Waals surface area contributed by atoms with Crippen molar-refractivity contribution < 1.29 is 9.90 Å². The van der Waals surface area contributed by atoms with Crippen LogP contribution in [0.4, 0.5) is 0 Å². The van der Waals surface area contributed by atoms with Crippen LogP contribution >= 0.6 is 27.7 Å². The van der Waals surface area contributed by atoms with Crippen molar-refractivity contribution in [2.45, 2.75) is 24.6 Å². The molecule has 0 amide bonds. The molecule has 2 rings (SSSR count). The third-order valence-electron chi connectivity index (χ3n) is 3.56. The Morgan fingerprint density at radius 2 is 2.16 bits per heavy atom. The molecule has 1 N–H and O–H groups in total. The zero-order valence-electron chi connectivity index (χ0n) is 10.9. The summed E-state index contributed by atoms with van der Waals surface area (Å²) in [7, 11) is 0. The first kappa shape index (κ1) is 14.9. The van der Waals surface area contributed by atoms with Crippen molar-refractivity contribution in [2.75, 3.05) is 19.3 Å². The van der Waals surface area contributed by atoms with Crippen LogP contribution in [0.1, 0.15) is 28.8 Å². The van der Waals surface area contributed by atoms with Crippen molar-refractivity contribution >= 4 is 33.7 Å². The maximum atomic E-state index is 10.9. The number of aromatic carboxylic acids is 1. The van der Waals surface area contributed by atoms with E-state index in [-0.39, 0.29) is 0 Å². The van der Waals surface area contributed by atoms with Crippen LogP contribution in [0.2, 0.25) is 0 Å². The van der Waals surface area contributed by atoms with E-state index >= 15 is 0 Å². The summed E-state index contributed by atoms with van der Waals surface area (Å²) in [5.74, 6) is -0.881. The van der Waals surface area contributed by atoms with E-state index in [1.54, 1.807) is 12.1 Å². The van der Waals surface area contributed by atoms with Gasteiger partial charge in [-0.25, -0.2) is 4.79 Å². The molecule has 1 aromatic rings. The predicted octanol–water partition coefficient (Wildman–Crippen LogP) is 3.47. The summed E-state index contributed by atoms with van der Waals surface area (Å²) in [6, 6.07) is 5.28. The van der Waals surface area contributed by atoms with Crippen molar-refractivity contribution in [1.29, 1.82) is 0 Å². The van der Waals surface area contributed by atoms with Gasteiger partial charge in [-0.1, -0.05) is 22.0 Å². The molecular weight excluding hydrogens is 326 g/mol. The zero-order chi connectivity index (χ0) is 13.8. The Morgan fingerprint density at radius 1 is 1.47 bits per heavy atom. The summed E-state index contributed by atoms with van der Waals surface area (Å²) in [5.41, 5.74) is 1.49. The topological polar surface area (TPSA) is 40.5 Å². The van der Waals surface area contributed by atoms with Gasteiger partial charge in [0.2, 0.25) is 0 Å². The number of nitrogens with zero attached hydrogens (tertiary/aromatic N) is 1. The highest BCUT2D eigenvalue weighted by Gasteiger charge is 2.19. The second-order valence-corrected chi connectivity index (χ2v) is 6.81. The maximum Gasteiger partial charge on any atom is 0.335 e. The minimum absolute atomic E-state index is 0.330. The van der Waals surface area contributed by atoms with Gasteiger partial charge in [-0.05, 0) is 49.9 Å². The fourth-order valence-corrected chi connectivity index (χ4v) is 3.54. The van der Waals surface area contributed by atoms with Crippen molar-refractivity contribution in [3.63, 3.8) is 0 Å². The molecule has 1 aliphatic heterocycles. The SMILES string of the molecule is CSC1CCN(Cc2ccc(C(=O)O)cc2Br)CC1. The quantitative estimate of drug-likeness (QED) is 0.908. The first-order valence-corrected chi connectivity index (χ1v) is 8.45. The van der Waals surface area contributed by atoms with E-state index < -0.39 is 5.97 Å². The molecule has 1 saturated heterocycles. The Kier molecular flexibility index (Phi) is 5.30. The number of piperidine rings is 1. The summed E-state index contributed by atoms with van der Waals surface area (Å²) in [4.78, 5) is 13.3. The molecule has 1 heterocycles. The van der Waals surface area contributed by atoms with E-state index in [4.69, 9.17) is 5.11 Å². The highest BCUT2D eigenvalue weighted by molar-refractivity contribution is 9.10. The third kappa shape index (κ3) is 3.97. The van der Waals surface area contributed by atoms with Crippen LogP contribution in [0.15, 0.2) is 22.7 Å². The van der Waals surface area contributed by atoms with Gasteiger partial charge < -0.3 is 5.11 Å². The average molecular weight is 344 g/mol. The molecule has 104 valence electrons. The number of likely N-dealkylation sites (tertiary alicyclic amines) is 1. The largest absolute Gasteiger partial charge is 0.478 e. The Bertz CT molecular complexity index is 459. The molecule has 1 aliphatic rings. The molecule has 0 unspecified atom stereocenters. The van der Waals surface area contributed by atoms with Crippen molar-refractivity contribution in [2.24, 2.45) is 0 Å². The van der Waals surface area contributed by atoms with Crippen LogP contribution in [0, 0.1) is 0 Å². The van der Waals surface area contributed by atoms with Crippen LogP contribution in [0.3, 0.4) is 0 Å². The standard InChI is InChI=1S/C14H18BrNO2S/c1-19-12-4-6-16(7-5-12)9-11-3-2-10(14(17)18)8-13(11)15/h2-3,8,12H,4-7,9H2,1H3,(H,17,18). The molecule has 0 saturated carbocycles. The Labute approximate surface area is 126 Å². The van der Waals surface area contributed by atoms with E-state index in [1.165, 1.54) is 12.8 Å². The Hall–Kier alpha value is -0.520. The van der Waals surface area contributed by atoms with E-state index in [0.717, 1.165) is 34.9 Å². The molecule has 1 aromatic carbocycles. The molecule has 0 aliphatic carbocycles. The lowest BCUT2D eigenvalue weighted by atomic mass is 10.1. The second-order valence-electron chi connectivity index (χ2n) is 4.82. The van der Waals surface area contributed by atoms with E-state index in [1.807, 2.05) is 17.8 Å². The third-order valence-corrected chi connectivity index (χ3v) is 5.44. The minimum Gasteiger partial charge on any atom is -0.478 e. The lowest BCUT2D eigenvalue weighted by Gasteiger charge is -2.31. The van der Waals surface area contributed by atoms with Gasteiger partial charge in [0.1, 0.15) is 0 Å². The van der Waals surface area contributed by atoms with Gasteiger partial charge in [0, 0.05) is 16.3 Å². The molecular formula is C14H18BrNO2S. The summed E-state index contributed by atoms with van der Waals surface area (Å²) in [6.45, 7) is 3.14. The molecule has 3 nitrogen and oxygen atoms in total. The predicted molar refractivity (Wildman–Crippen MR) is 82.9 cm³/mol. The number of carbonyl (C=O) groups is 1. The fourth-order valence-electron chi connectivity index (χ4n) is 2.35. The van der Waals surface area contributed by atoms with Crippen LogP contribution in [-0.4, -0.2) is 40.6 Å². The fraction of sp³-hybridized carbons (Fsp3) is 0.500. The lowest BCUT2D eigenvalue weighted by Crippen LogP contribution is -2.34. The van der Waals surface area contributed by atoms with E-state index in [0.29, 0.717) is 5.56 Å². The number of hydrogen-bond donors (Lipinski definition) is 1. The highest BCUT2D eigenvalue weighted by Crippen LogP contribution is 2.25. The van der Waals surface area contributed by atoms with Crippen LogP contribution in [-0.2, 0) is 6.54 Å². The number of halogens is 1. The molecule has 0 radical (unpaired) electrons. The van der Waals surface area contributed by atoms with Crippen molar-refractivity contribution in [1.82, 2.24) is 4.90 Å². The summed E-state index contributed by atoms with van der Waals surface area (Å²) in [5, 5.41) is 9.74. The molecule has 0 aromatic heterocycles. The molecule has 5 heteroatoms. The molecule has 0 spiro atoms. The van der Waals surface area contributed by atoms with Crippen LogP contribution in [0.25, 0.3) is 0 Å². The number of thioether (sulfide) groups is 1. The van der Waals surface area contributed by atoms with Gasteiger partial charge in [0.25, 0.3) is 0 Å². The molecule has 0 bridgehead atoms. The number of benzene rings is 1. The molecule has 19 heavy (non-hydrogen) atoms. The van der Waals surface area contributed by atoms with Gasteiger partial charge in [-0.15, -0.1) is 0 Å². The van der Waals surface area contributed by atoms with Crippen molar-refractivity contribution in [3.8, 4) is 0 Å². The lowest BCUT2D eigenvalue weighted by molar-refractivity contribution is 0.0697. The van der Waals surface area contributed by atoms with Gasteiger partial charge in [-0.2, -0.15) is 11.8 Å². The van der Waals surface area contributed by atoms with E-state index in [9.17, 15) is 4.79 Å². The highest BCUT2D eigenvalue weighted by atomic mass is 79.9. The monoisotopic (exact) mass is 343 g/mol. The van der Waals surface area contributed by atoms with Gasteiger partial charge in [0.05, 0.1) is 5.56 Å². The second kappa shape index (κ2) is 6.77. The smallest absolute Gasteiger partial charge is 0.335 e. The number of carboxylic acids is 1. The van der Waals surface area contributed by atoms with Gasteiger partial charge in [0.15, 0.2) is 0 Å². The number of rotatable bonds is 4. The van der Waals surface area contributed by atoms with Crippen LogP contribution < -0.4 is 0 Å². The van der Waals surface area contributed by atoms with Crippen LogP contribution in [0.5, 0.6) is 0 Å². The summed E-state index contributed by atoms with van der Waals surface area (Å²) in [6.07, 6.45) is 4.67. The first-order chi connectivity index (χ1) is 9.10. The average Bonchev–Trinajstić information content (AvgIpc) is 2.41. The summed E-state index contributed by atoms with van der Waals surface area (Å²) < 4.78 is 0.888. The van der Waals surface area contributed by atoms with Gasteiger partial charge in [-0.3, -0.25) is 4.90 Å². The summed E-state index contributed by atoms with van der Waals surface area (Å²) >= 11 is 5.43. The minimum atomic E-state index is -0.881. The Balaban J connectivity index is 1.98. The number of hydrogen-bond acceptors (Lipinski definition) is 3. The van der Waals surface area contributed by atoms with Gasteiger partial charge >= 0.3 is 5.97 Å². The zero-order valence-corrected chi connectivity index (χ0v) is 13.3. The van der Waals surface area contributed by atoms with Crippen molar-refractivity contribution in [3.05, 3.63) is 33.8 Å². The maximum absolute atomic E-state index is 10.9. The molecule has 1 fully saturated rings. The molecule has 0 atom stereocenters.